The molecule has 4 nitrogen and oxygen atoms in total. The minimum Gasteiger partial charge on any atom is -0.310 e. The summed E-state index contributed by atoms with van der Waals surface area (Å²) in [6.45, 7) is 0.570. The van der Waals surface area contributed by atoms with E-state index in [4.69, 9.17) is 0 Å². The van der Waals surface area contributed by atoms with E-state index in [0.717, 1.165) is 10.0 Å². The zero-order valence-electron chi connectivity index (χ0n) is 8.07. The van der Waals surface area contributed by atoms with Gasteiger partial charge < -0.3 is 5.32 Å². The van der Waals surface area contributed by atoms with Gasteiger partial charge in [0.2, 0.25) is 0 Å². The van der Waals surface area contributed by atoms with E-state index in [0.29, 0.717) is 12.6 Å². The summed E-state index contributed by atoms with van der Waals surface area (Å²) in [5.74, 6) is 0. The Morgan fingerprint density at radius 3 is 2.87 bits per heavy atom. The van der Waals surface area contributed by atoms with Crippen molar-refractivity contribution in [2.24, 2.45) is 0 Å². The van der Waals surface area contributed by atoms with Gasteiger partial charge in [-0.15, -0.1) is 0 Å². The average Bonchev–Trinajstić information content (AvgIpc) is 2.97. The molecule has 0 radical (unpaired) electrons. The molecule has 1 saturated carbocycles. The second-order valence-electron chi connectivity index (χ2n) is 3.69. The molecule has 80 valence electrons. The fraction of sp³-hybridized carbons (Fsp3) is 0.400. The Labute approximate surface area is 96.0 Å². The van der Waals surface area contributed by atoms with E-state index in [1.807, 2.05) is 0 Å². The molecule has 0 atom stereocenters. The van der Waals surface area contributed by atoms with Crippen LogP contribution in [0.4, 0.5) is 5.69 Å². The minimum atomic E-state index is -0.337. The third-order valence-electron chi connectivity index (χ3n) is 2.40. The highest BCUT2D eigenvalue weighted by atomic mass is 79.9. The third-order valence-corrected chi connectivity index (χ3v) is 2.89. The summed E-state index contributed by atoms with van der Waals surface area (Å²) >= 11 is 3.32. The molecule has 15 heavy (non-hydrogen) atoms. The van der Waals surface area contributed by atoms with E-state index in [1.54, 1.807) is 12.1 Å². The summed E-state index contributed by atoms with van der Waals surface area (Å²) in [7, 11) is 0. The number of hydrogen-bond donors (Lipinski definition) is 1. The van der Waals surface area contributed by atoms with Crippen LogP contribution in [0.3, 0.4) is 0 Å². The van der Waals surface area contributed by atoms with Crippen LogP contribution >= 0.6 is 15.9 Å². The molecule has 0 heterocycles. The summed E-state index contributed by atoms with van der Waals surface area (Å²) in [5, 5.41) is 14.0. The molecule has 1 aliphatic rings. The SMILES string of the molecule is O=[N+]([O-])c1ccc(Br)cc1CNC1CC1. The van der Waals surface area contributed by atoms with Crippen molar-refractivity contribution < 1.29 is 4.92 Å². The maximum absolute atomic E-state index is 10.8. The van der Waals surface area contributed by atoms with E-state index in [9.17, 15) is 10.1 Å². The van der Waals surface area contributed by atoms with Crippen molar-refractivity contribution in [3.05, 3.63) is 38.3 Å². The van der Waals surface area contributed by atoms with Crippen molar-refractivity contribution >= 4 is 21.6 Å². The zero-order valence-corrected chi connectivity index (χ0v) is 9.66. The summed E-state index contributed by atoms with van der Waals surface area (Å²) < 4.78 is 0.876. The van der Waals surface area contributed by atoms with Crippen molar-refractivity contribution in [2.45, 2.75) is 25.4 Å². The van der Waals surface area contributed by atoms with Crippen molar-refractivity contribution in [1.82, 2.24) is 5.32 Å². The normalized spacial score (nSPS) is 15.3. The predicted molar refractivity (Wildman–Crippen MR) is 60.7 cm³/mol. The lowest BCUT2D eigenvalue weighted by Gasteiger charge is -2.04. The summed E-state index contributed by atoms with van der Waals surface area (Å²) in [6.07, 6.45) is 2.36. The first-order valence-corrected chi connectivity index (χ1v) is 5.62. The highest BCUT2D eigenvalue weighted by Crippen LogP contribution is 2.25. The number of rotatable bonds is 4. The number of nitro benzene ring substituents is 1. The molecule has 1 N–H and O–H groups in total. The zero-order chi connectivity index (χ0) is 10.8. The van der Waals surface area contributed by atoms with Gasteiger partial charge in [0.05, 0.1) is 4.92 Å². The van der Waals surface area contributed by atoms with E-state index in [2.05, 4.69) is 21.2 Å². The number of nitrogens with zero attached hydrogens (tertiary/aromatic N) is 1. The molecular formula is C10H11BrN2O2. The lowest BCUT2D eigenvalue weighted by molar-refractivity contribution is -0.385. The van der Waals surface area contributed by atoms with E-state index >= 15 is 0 Å². The van der Waals surface area contributed by atoms with Gasteiger partial charge in [-0.05, 0) is 25.0 Å². The van der Waals surface area contributed by atoms with E-state index in [1.165, 1.54) is 18.9 Å². The van der Waals surface area contributed by atoms with Gasteiger partial charge in [0.1, 0.15) is 0 Å². The Kier molecular flexibility index (Phi) is 3.02. The van der Waals surface area contributed by atoms with Crippen LogP contribution in [0.15, 0.2) is 22.7 Å². The lowest BCUT2D eigenvalue weighted by Crippen LogP contribution is -2.16. The Bertz CT molecular complexity index is 391. The fourth-order valence-corrected chi connectivity index (χ4v) is 1.82. The smallest absolute Gasteiger partial charge is 0.273 e. The summed E-state index contributed by atoms with van der Waals surface area (Å²) in [5.41, 5.74) is 0.924. The number of halogens is 1. The maximum atomic E-state index is 10.8. The Morgan fingerprint density at radius 1 is 1.53 bits per heavy atom. The second kappa shape index (κ2) is 4.28. The predicted octanol–water partition coefficient (Wildman–Crippen LogP) is 2.61. The van der Waals surface area contributed by atoms with Gasteiger partial charge in [-0.1, -0.05) is 15.9 Å². The number of nitro groups is 1. The van der Waals surface area contributed by atoms with Gasteiger partial charge in [0, 0.05) is 28.7 Å². The van der Waals surface area contributed by atoms with E-state index in [-0.39, 0.29) is 10.6 Å². The van der Waals surface area contributed by atoms with Crippen LogP contribution in [0.1, 0.15) is 18.4 Å². The molecule has 1 aromatic rings. The topological polar surface area (TPSA) is 55.2 Å². The molecule has 0 saturated heterocycles. The van der Waals surface area contributed by atoms with Crippen molar-refractivity contribution in [3.8, 4) is 0 Å². The molecule has 0 bridgehead atoms. The Morgan fingerprint density at radius 2 is 2.27 bits per heavy atom. The average molecular weight is 271 g/mol. The minimum absolute atomic E-state index is 0.186. The van der Waals surface area contributed by atoms with Crippen LogP contribution < -0.4 is 5.32 Å². The first-order valence-electron chi connectivity index (χ1n) is 4.83. The highest BCUT2D eigenvalue weighted by molar-refractivity contribution is 9.10. The van der Waals surface area contributed by atoms with Crippen molar-refractivity contribution in [2.75, 3.05) is 0 Å². The van der Waals surface area contributed by atoms with Gasteiger partial charge in [0.25, 0.3) is 5.69 Å². The molecule has 0 spiro atoms. The second-order valence-corrected chi connectivity index (χ2v) is 4.60. The van der Waals surface area contributed by atoms with Crippen LogP contribution in [0, 0.1) is 10.1 Å². The first kappa shape index (κ1) is 10.6. The molecule has 0 aromatic heterocycles. The lowest BCUT2D eigenvalue weighted by atomic mass is 10.2. The largest absolute Gasteiger partial charge is 0.310 e. The molecule has 1 aromatic carbocycles. The molecule has 2 rings (SSSR count). The van der Waals surface area contributed by atoms with Crippen LogP contribution in [0.2, 0.25) is 0 Å². The van der Waals surface area contributed by atoms with Gasteiger partial charge in [0.15, 0.2) is 0 Å². The maximum Gasteiger partial charge on any atom is 0.273 e. The summed E-state index contributed by atoms with van der Waals surface area (Å²) in [4.78, 5) is 10.4. The highest BCUT2D eigenvalue weighted by Gasteiger charge is 2.22. The van der Waals surface area contributed by atoms with Gasteiger partial charge in [-0.3, -0.25) is 10.1 Å². The van der Waals surface area contributed by atoms with E-state index < -0.39 is 0 Å². The molecule has 0 aliphatic heterocycles. The molecule has 5 heteroatoms. The Hall–Kier alpha value is -0.940. The summed E-state index contributed by atoms with van der Waals surface area (Å²) in [6, 6.07) is 5.59. The monoisotopic (exact) mass is 270 g/mol. The van der Waals surface area contributed by atoms with Gasteiger partial charge in [-0.25, -0.2) is 0 Å². The molecular weight excluding hydrogens is 260 g/mol. The first-order chi connectivity index (χ1) is 7.16. The van der Waals surface area contributed by atoms with Crippen molar-refractivity contribution in [1.29, 1.82) is 0 Å². The number of nitrogens with one attached hydrogen (secondary N) is 1. The quantitative estimate of drug-likeness (QED) is 0.676. The van der Waals surface area contributed by atoms with Crippen LogP contribution in [-0.2, 0) is 6.54 Å². The molecule has 1 fully saturated rings. The van der Waals surface area contributed by atoms with Crippen LogP contribution in [0.25, 0.3) is 0 Å². The van der Waals surface area contributed by atoms with Gasteiger partial charge >= 0.3 is 0 Å². The molecule has 0 unspecified atom stereocenters. The number of benzene rings is 1. The third kappa shape index (κ3) is 2.76. The standard InChI is InChI=1S/C10H11BrN2O2/c11-8-1-4-10(13(14)15)7(5-8)6-12-9-2-3-9/h1,4-5,9,12H,2-3,6H2. The van der Waals surface area contributed by atoms with Crippen LogP contribution in [-0.4, -0.2) is 11.0 Å². The van der Waals surface area contributed by atoms with Gasteiger partial charge in [-0.2, -0.15) is 0 Å². The number of hydrogen-bond acceptors (Lipinski definition) is 3. The van der Waals surface area contributed by atoms with Crippen LogP contribution in [0.5, 0.6) is 0 Å². The van der Waals surface area contributed by atoms with Crippen molar-refractivity contribution in [3.63, 3.8) is 0 Å². The molecule has 0 amide bonds. The Balaban J connectivity index is 2.16. The fourth-order valence-electron chi connectivity index (χ4n) is 1.42. The molecule has 1 aliphatic carbocycles.